The van der Waals surface area contributed by atoms with Crippen LogP contribution in [0.25, 0.3) is 0 Å². The van der Waals surface area contributed by atoms with Gasteiger partial charge in [0.25, 0.3) is 0 Å². The van der Waals surface area contributed by atoms with Crippen molar-refractivity contribution in [2.45, 2.75) is 31.7 Å². The van der Waals surface area contributed by atoms with E-state index < -0.39 is 0 Å². The maximum atomic E-state index is 4.36. The highest BCUT2D eigenvalue weighted by atomic mass is 32.1. The molecule has 1 unspecified atom stereocenters. The van der Waals surface area contributed by atoms with Gasteiger partial charge in [0, 0.05) is 35.8 Å². The fourth-order valence-corrected chi connectivity index (χ4v) is 3.61. The van der Waals surface area contributed by atoms with Gasteiger partial charge in [-0.1, -0.05) is 6.07 Å². The van der Waals surface area contributed by atoms with E-state index in [1.54, 1.807) is 4.88 Å². The fourth-order valence-electron chi connectivity index (χ4n) is 2.62. The van der Waals surface area contributed by atoms with Crippen molar-refractivity contribution >= 4 is 11.3 Å². The molecule has 0 aromatic carbocycles. The second-order valence-electron chi connectivity index (χ2n) is 4.77. The average molecular weight is 258 g/mol. The number of aromatic nitrogens is 1. The third-order valence-corrected chi connectivity index (χ3v) is 4.55. The maximum Gasteiger partial charge on any atom is 0.0416 e. The molecule has 2 heterocycles. The van der Waals surface area contributed by atoms with E-state index in [0.717, 1.165) is 13.0 Å². The van der Waals surface area contributed by atoms with E-state index in [9.17, 15) is 0 Å². The van der Waals surface area contributed by atoms with Gasteiger partial charge in [-0.15, -0.1) is 11.3 Å². The molecule has 1 aliphatic carbocycles. The van der Waals surface area contributed by atoms with E-state index in [0.29, 0.717) is 6.04 Å². The molecule has 1 atom stereocenters. The first-order chi connectivity index (χ1) is 8.93. The van der Waals surface area contributed by atoms with Crippen LogP contribution in [0, 0.1) is 0 Å². The standard InChI is InChI=1S/C15H18N2S/c1-2-9-16-12(4-1)7-10-17-14-5-3-6-15-13(14)8-11-18-15/h1-2,4,8-9,11,14,17H,3,5-7,10H2. The number of fused-ring (bicyclic) bond motifs is 1. The summed E-state index contributed by atoms with van der Waals surface area (Å²) in [7, 11) is 0. The van der Waals surface area contributed by atoms with Crippen molar-refractivity contribution in [1.29, 1.82) is 0 Å². The zero-order valence-electron chi connectivity index (χ0n) is 10.4. The normalized spacial score (nSPS) is 18.6. The highest BCUT2D eigenvalue weighted by molar-refractivity contribution is 7.10. The van der Waals surface area contributed by atoms with Gasteiger partial charge < -0.3 is 5.32 Å². The van der Waals surface area contributed by atoms with Crippen LogP contribution in [0.3, 0.4) is 0 Å². The van der Waals surface area contributed by atoms with Gasteiger partial charge in [0.05, 0.1) is 0 Å². The molecular weight excluding hydrogens is 240 g/mol. The molecule has 0 saturated carbocycles. The highest BCUT2D eigenvalue weighted by Gasteiger charge is 2.20. The Kier molecular flexibility index (Phi) is 3.72. The van der Waals surface area contributed by atoms with E-state index in [2.05, 4.69) is 33.9 Å². The lowest BCUT2D eigenvalue weighted by atomic mass is 9.94. The second-order valence-corrected chi connectivity index (χ2v) is 5.77. The van der Waals surface area contributed by atoms with Crippen LogP contribution in [0.4, 0.5) is 0 Å². The molecule has 0 aliphatic heterocycles. The molecule has 1 N–H and O–H groups in total. The quantitative estimate of drug-likeness (QED) is 0.909. The van der Waals surface area contributed by atoms with Crippen molar-refractivity contribution in [2.24, 2.45) is 0 Å². The minimum atomic E-state index is 0.559. The Morgan fingerprint density at radius 2 is 2.33 bits per heavy atom. The zero-order valence-corrected chi connectivity index (χ0v) is 11.2. The van der Waals surface area contributed by atoms with Gasteiger partial charge in [0.2, 0.25) is 0 Å². The monoisotopic (exact) mass is 258 g/mol. The topological polar surface area (TPSA) is 24.9 Å². The Balaban J connectivity index is 1.56. The summed E-state index contributed by atoms with van der Waals surface area (Å²) in [6, 6.07) is 8.97. The summed E-state index contributed by atoms with van der Waals surface area (Å²) in [6.07, 6.45) is 6.73. The average Bonchev–Trinajstić information content (AvgIpc) is 2.89. The Morgan fingerprint density at radius 3 is 3.22 bits per heavy atom. The van der Waals surface area contributed by atoms with Gasteiger partial charge in [0.1, 0.15) is 0 Å². The van der Waals surface area contributed by atoms with Crippen molar-refractivity contribution < 1.29 is 0 Å². The lowest BCUT2D eigenvalue weighted by molar-refractivity contribution is 0.466. The number of hydrogen-bond acceptors (Lipinski definition) is 3. The molecule has 0 spiro atoms. The molecule has 0 amide bonds. The summed E-state index contributed by atoms with van der Waals surface area (Å²) in [6.45, 7) is 1.01. The van der Waals surface area contributed by atoms with Gasteiger partial charge in [-0.05, 0) is 48.4 Å². The number of nitrogens with one attached hydrogen (secondary N) is 1. The van der Waals surface area contributed by atoms with Crippen molar-refractivity contribution in [1.82, 2.24) is 10.3 Å². The van der Waals surface area contributed by atoms with Gasteiger partial charge >= 0.3 is 0 Å². The van der Waals surface area contributed by atoms with Crippen LogP contribution in [-0.2, 0) is 12.8 Å². The molecule has 2 aromatic rings. The fraction of sp³-hybridized carbons (Fsp3) is 0.400. The Hall–Kier alpha value is -1.19. The molecule has 2 aromatic heterocycles. The third-order valence-electron chi connectivity index (χ3n) is 3.55. The van der Waals surface area contributed by atoms with Crippen LogP contribution in [0.5, 0.6) is 0 Å². The van der Waals surface area contributed by atoms with E-state index in [1.165, 1.54) is 30.5 Å². The molecule has 2 nitrogen and oxygen atoms in total. The van der Waals surface area contributed by atoms with Crippen molar-refractivity contribution in [3.63, 3.8) is 0 Å². The number of aryl methyl sites for hydroxylation is 1. The van der Waals surface area contributed by atoms with Crippen molar-refractivity contribution in [2.75, 3.05) is 6.54 Å². The minimum Gasteiger partial charge on any atom is -0.310 e. The molecule has 0 radical (unpaired) electrons. The van der Waals surface area contributed by atoms with Crippen molar-refractivity contribution in [3.8, 4) is 0 Å². The summed E-state index contributed by atoms with van der Waals surface area (Å²) in [5.41, 5.74) is 2.71. The first kappa shape index (κ1) is 11.9. The van der Waals surface area contributed by atoms with Crippen molar-refractivity contribution in [3.05, 3.63) is 52.0 Å². The Bertz CT molecular complexity index is 492. The number of pyridine rings is 1. The smallest absolute Gasteiger partial charge is 0.0416 e. The van der Waals surface area contributed by atoms with Gasteiger partial charge in [-0.3, -0.25) is 4.98 Å². The number of hydrogen-bond donors (Lipinski definition) is 1. The SMILES string of the molecule is c1ccc(CCNC2CCCc3sccc32)nc1. The largest absolute Gasteiger partial charge is 0.310 e. The zero-order chi connectivity index (χ0) is 12.2. The summed E-state index contributed by atoms with van der Waals surface area (Å²) in [5, 5.41) is 5.90. The van der Waals surface area contributed by atoms with E-state index in [1.807, 2.05) is 23.6 Å². The van der Waals surface area contributed by atoms with E-state index in [4.69, 9.17) is 0 Å². The third kappa shape index (κ3) is 2.62. The maximum absolute atomic E-state index is 4.36. The van der Waals surface area contributed by atoms with Gasteiger partial charge in [-0.2, -0.15) is 0 Å². The molecule has 0 fully saturated rings. The highest BCUT2D eigenvalue weighted by Crippen LogP contribution is 2.33. The first-order valence-corrected chi connectivity index (χ1v) is 7.51. The number of rotatable bonds is 4. The molecular formula is C15H18N2S. The molecule has 3 heteroatoms. The van der Waals surface area contributed by atoms with Crippen LogP contribution >= 0.6 is 11.3 Å². The minimum absolute atomic E-state index is 0.559. The summed E-state index contributed by atoms with van der Waals surface area (Å²) >= 11 is 1.91. The van der Waals surface area contributed by atoms with Crippen LogP contribution in [0.15, 0.2) is 35.8 Å². The molecule has 0 bridgehead atoms. The molecule has 94 valence electrons. The summed E-state index contributed by atoms with van der Waals surface area (Å²) < 4.78 is 0. The molecule has 1 aliphatic rings. The molecule has 3 rings (SSSR count). The summed E-state index contributed by atoms with van der Waals surface area (Å²) in [5.74, 6) is 0. The Morgan fingerprint density at radius 1 is 1.33 bits per heavy atom. The lowest BCUT2D eigenvalue weighted by Crippen LogP contribution is -2.26. The predicted molar refractivity (Wildman–Crippen MR) is 75.9 cm³/mol. The van der Waals surface area contributed by atoms with Gasteiger partial charge in [-0.25, -0.2) is 0 Å². The number of nitrogens with zero attached hydrogens (tertiary/aromatic N) is 1. The predicted octanol–water partition coefficient (Wildman–Crippen LogP) is 3.35. The van der Waals surface area contributed by atoms with Gasteiger partial charge in [0.15, 0.2) is 0 Å². The van der Waals surface area contributed by atoms with Crippen LogP contribution in [0.2, 0.25) is 0 Å². The van der Waals surface area contributed by atoms with Crippen LogP contribution < -0.4 is 5.32 Å². The first-order valence-electron chi connectivity index (χ1n) is 6.63. The van der Waals surface area contributed by atoms with Crippen LogP contribution in [0.1, 0.15) is 35.0 Å². The van der Waals surface area contributed by atoms with E-state index >= 15 is 0 Å². The lowest BCUT2D eigenvalue weighted by Gasteiger charge is -2.23. The summed E-state index contributed by atoms with van der Waals surface area (Å²) in [4.78, 5) is 5.94. The van der Waals surface area contributed by atoms with Crippen LogP contribution in [-0.4, -0.2) is 11.5 Å². The number of thiophene rings is 1. The second kappa shape index (κ2) is 5.63. The molecule has 0 saturated heterocycles. The Labute approximate surface area is 112 Å². The molecule has 18 heavy (non-hydrogen) atoms. The van der Waals surface area contributed by atoms with E-state index in [-0.39, 0.29) is 0 Å².